The second-order valence-corrected chi connectivity index (χ2v) is 4.25. The minimum atomic E-state index is -0.224. The third-order valence-corrected chi connectivity index (χ3v) is 3.25. The summed E-state index contributed by atoms with van der Waals surface area (Å²) in [5.74, 6) is 0.583. The van der Waals surface area contributed by atoms with Crippen LogP contribution in [0, 0.1) is 0 Å². The molecular weight excluding hydrogens is 214 g/mol. The Labute approximate surface area is 101 Å². The summed E-state index contributed by atoms with van der Waals surface area (Å²) in [4.78, 5) is 17.2. The van der Waals surface area contributed by atoms with Crippen LogP contribution >= 0.6 is 0 Å². The predicted molar refractivity (Wildman–Crippen MR) is 68.0 cm³/mol. The lowest BCUT2D eigenvalue weighted by atomic mass is 9.92. The Bertz CT molecular complexity index is 441. The number of amidine groups is 1. The Morgan fingerprint density at radius 3 is 2.65 bits per heavy atom. The maximum absolute atomic E-state index is 11.6. The normalized spacial score (nSPS) is 21.5. The average molecular weight is 231 g/mol. The average Bonchev–Trinajstić information content (AvgIpc) is 2.63. The van der Waals surface area contributed by atoms with Gasteiger partial charge in [0.1, 0.15) is 5.84 Å². The van der Waals surface area contributed by atoms with E-state index < -0.39 is 0 Å². The zero-order valence-corrected chi connectivity index (χ0v) is 10.1. The molecular formula is C13H17N3O. The SMILES string of the molecule is CCN1C(=O)N=C(N)C1C(C)c1ccccc1. The highest BCUT2D eigenvalue weighted by Gasteiger charge is 2.36. The van der Waals surface area contributed by atoms with Gasteiger partial charge in [-0.05, 0) is 12.5 Å². The number of nitrogens with zero attached hydrogens (tertiary/aromatic N) is 2. The van der Waals surface area contributed by atoms with Crippen molar-refractivity contribution in [2.75, 3.05) is 6.54 Å². The fourth-order valence-electron chi connectivity index (χ4n) is 2.32. The molecule has 1 heterocycles. The van der Waals surface area contributed by atoms with Gasteiger partial charge in [0.05, 0.1) is 6.04 Å². The van der Waals surface area contributed by atoms with E-state index in [4.69, 9.17) is 5.73 Å². The van der Waals surface area contributed by atoms with Crippen LogP contribution in [-0.4, -0.2) is 29.4 Å². The first-order valence-electron chi connectivity index (χ1n) is 5.84. The molecule has 2 atom stereocenters. The molecule has 90 valence electrons. The molecule has 17 heavy (non-hydrogen) atoms. The molecule has 0 spiro atoms. The number of carbonyl (C=O) groups is 1. The zero-order chi connectivity index (χ0) is 12.4. The smallest absolute Gasteiger partial charge is 0.345 e. The number of rotatable bonds is 3. The van der Waals surface area contributed by atoms with Gasteiger partial charge in [-0.25, -0.2) is 4.79 Å². The van der Waals surface area contributed by atoms with Gasteiger partial charge >= 0.3 is 6.03 Å². The lowest BCUT2D eigenvalue weighted by molar-refractivity contribution is 0.204. The number of benzene rings is 1. The summed E-state index contributed by atoms with van der Waals surface area (Å²) in [5, 5.41) is 0. The molecule has 2 unspecified atom stereocenters. The largest absolute Gasteiger partial charge is 0.385 e. The van der Waals surface area contributed by atoms with Gasteiger partial charge in [-0.2, -0.15) is 4.99 Å². The fraction of sp³-hybridized carbons (Fsp3) is 0.385. The van der Waals surface area contributed by atoms with Crippen LogP contribution in [0.2, 0.25) is 0 Å². The molecule has 0 saturated heterocycles. The number of amides is 2. The molecule has 4 heteroatoms. The van der Waals surface area contributed by atoms with Crippen molar-refractivity contribution < 1.29 is 4.79 Å². The van der Waals surface area contributed by atoms with Crippen molar-refractivity contribution in [1.82, 2.24) is 4.90 Å². The summed E-state index contributed by atoms with van der Waals surface area (Å²) in [6, 6.07) is 9.72. The van der Waals surface area contributed by atoms with Crippen LogP contribution in [0.1, 0.15) is 25.3 Å². The zero-order valence-electron chi connectivity index (χ0n) is 10.1. The number of hydrogen-bond acceptors (Lipinski definition) is 2. The van der Waals surface area contributed by atoms with Gasteiger partial charge < -0.3 is 10.6 Å². The third-order valence-electron chi connectivity index (χ3n) is 3.25. The second kappa shape index (κ2) is 4.57. The van der Waals surface area contributed by atoms with E-state index in [1.165, 1.54) is 5.56 Å². The van der Waals surface area contributed by atoms with E-state index in [1.807, 2.05) is 25.1 Å². The van der Waals surface area contributed by atoms with Crippen molar-refractivity contribution in [3.05, 3.63) is 35.9 Å². The van der Waals surface area contributed by atoms with E-state index >= 15 is 0 Å². The summed E-state index contributed by atoms with van der Waals surface area (Å²) in [5.41, 5.74) is 7.03. The van der Waals surface area contributed by atoms with E-state index in [0.29, 0.717) is 12.4 Å². The first kappa shape index (κ1) is 11.6. The molecule has 1 aliphatic heterocycles. The Kier molecular flexibility index (Phi) is 3.13. The van der Waals surface area contributed by atoms with Crippen molar-refractivity contribution in [3.8, 4) is 0 Å². The topological polar surface area (TPSA) is 58.7 Å². The molecule has 1 aromatic rings. The lowest BCUT2D eigenvalue weighted by Crippen LogP contribution is -2.43. The predicted octanol–water partition coefficient (Wildman–Crippen LogP) is 1.97. The molecule has 1 aliphatic rings. The van der Waals surface area contributed by atoms with E-state index in [2.05, 4.69) is 24.0 Å². The highest BCUT2D eigenvalue weighted by Crippen LogP contribution is 2.26. The number of likely N-dealkylation sites (N-methyl/N-ethyl adjacent to an activating group) is 1. The van der Waals surface area contributed by atoms with Crippen molar-refractivity contribution >= 4 is 11.9 Å². The van der Waals surface area contributed by atoms with Crippen molar-refractivity contribution in [2.24, 2.45) is 10.7 Å². The number of urea groups is 1. The standard InChI is InChI=1S/C13H17N3O/c1-3-16-11(12(14)15-13(16)17)9(2)10-7-5-4-6-8-10/h4-9,11H,3H2,1-2H3,(H2,14,15,17). The molecule has 2 amide bonds. The van der Waals surface area contributed by atoms with Crippen molar-refractivity contribution in [3.63, 3.8) is 0 Å². The summed E-state index contributed by atoms with van der Waals surface area (Å²) in [7, 11) is 0. The number of carbonyl (C=O) groups excluding carboxylic acids is 1. The van der Waals surface area contributed by atoms with E-state index in [-0.39, 0.29) is 18.0 Å². The first-order chi connectivity index (χ1) is 8.15. The van der Waals surface area contributed by atoms with Gasteiger partial charge in [0.2, 0.25) is 0 Å². The molecule has 2 N–H and O–H groups in total. The molecule has 0 aliphatic carbocycles. The van der Waals surface area contributed by atoms with Crippen LogP contribution in [0.15, 0.2) is 35.3 Å². The van der Waals surface area contributed by atoms with Gasteiger partial charge in [-0.3, -0.25) is 0 Å². The minimum Gasteiger partial charge on any atom is -0.385 e. The van der Waals surface area contributed by atoms with Crippen LogP contribution in [0.25, 0.3) is 0 Å². The van der Waals surface area contributed by atoms with Crippen molar-refractivity contribution in [1.29, 1.82) is 0 Å². The van der Waals surface area contributed by atoms with Gasteiger partial charge in [0.15, 0.2) is 0 Å². The Balaban J connectivity index is 2.28. The molecule has 0 radical (unpaired) electrons. The van der Waals surface area contributed by atoms with Crippen LogP contribution in [0.4, 0.5) is 4.79 Å². The van der Waals surface area contributed by atoms with Crippen LogP contribution < -0.4 is 5.73 Å². The Hall–Kier alpha value is -1.84. The Morgan fingerprint density at radius 1 is 1.41 bits per heavy atom. The molecule has 0 bridgehead atoms. The summed E-state index contributed by atoms with van der Waals surface area (Å²) in [6.45, 7) is 4.64. The quantitative estimate of drug-likeness (QED) is 0.864. The highest BCUT2D eigenvalue weighted by atomic mass is 16.2. The number of aliphatic imine (C=N–C) groups is 1. The molecule has 0 aromatic heterocycles. The fourth-order valence-corrected chi connectivity index (χ4v) is 2.32. The van der Waals surface area contributed by atoms with Crippen molar-refractivity contribution in [2.45, 2.75) is 25.8 Å². The minimum absolute atomic E-state index is 0.116. The molecule has 1 aromatic carbocycles. The van der Waals surface area contributed by atoms with Gasteiger partial charge in [0.25, 0.3) is 0 Å². The van der Waals surface area contributed by atoms with Gasteiger partial charge in [0, 0.05) is 12.5 Å². The Morgan fingerprint density at radius 2 is 2.06 bits per heavy atom. The molecule has 0 saturated carbocycles. The van der Waals surface area contributed by atoms with E-state index in [0.717, 1.165) is 0 Å². The maximum atomic E-state index is 11.6. The highest BCUT2D eigenvalue weighted by molar-refractivity contribution is 6.03. The maximum Gasteiger partial charge on any atom is 0.345 e. The van der Waals surface area contributed by atoms with Gasteiger partial charge in [-0.15, -0.1) is 0 Å². The number of nitrogens with two attached hydrogens (primary N) is 1. The molecule has 2 rings (SSSR count). The number of hydrogen-bond donors (Lipinski definition) is 1. The van der Waals surface area contributed by atoms with Crippen LogP contribution in [-0.2, 0) is 0 Å². The van der Waals surface area contributed by atoms with Crippen LogP contribution in [0.3, 0.4) is 0 Å². The van der Waals surface area contributed by atoms with Gasteiger partial charge in [-0.1, -0.05) is 37.3 Å². The third kappa shape index (κ3) is 2.02. The van der Waals surface area contributed by atoms with Crippen LogP contribution in [0.5, 0.6) is 0 Å². The molecule has 0 fully saturated rings. The monoisotopic (exact) mass is 231 g/mol. The van der Waals surface area contributed by atoms with E-state index in [1.54, 1.807) is 4.90 Å². The summed E-state index contributed by atoms with van der Waals surface area (Å²) >= 11 is 0. The summed E-state index contributed by atoms with van der Waals surface area (Å²) < 4.78 is 0. The summed E-state index contributed by atoms with van der Waals surface area (Å²) in [6.07, 6.45) is 0. The lowest BCUT2D eigenvalue weighted by Gasteiger charge is -2.28. The second-order valence-electron chi connectivity index (χ2n) is 4.25. The molecule has 4 nitrogen and oxygen atoms in total. The first-order valence-corrected chi connectivity index (χ1v) is 5.84. The van der Waals surface area contributed by atoms with E-state index in [9.17, 15) is 4.79 Å².